The number of ether oxygens (including phenoxy) is 1. The molecule has 8 heteroatoms. The van der Waals surface area contributed by atoms with Crippen molar-refractivity contribution in [2.24, 2.45) is 0 Å². The van der Waals surface area contributed by atoms with Gasteiger partial charge in [0.15, 0.2) is 18.1 Å². The second-order valence-electron chi connectivity index (χ2n) is 8.44. The lowest BCUT2D eigenvalue weighted by Gasteiger charge is -2.38. The average molecular weight is 443 g/mol. The zero-order valence-electron chi connectivity index (χ0n) is 18.0. The van der Waals surface area contributed by atoms with Crippen LogP contribution in [0.2, 0.25) is 0 Å². The molecule has 0 amide bonds. The van der Waals surface area contributed by atoms with Crippen molar-refractivity contribution in [1.82, 2.24) is 4.98 Å². The standard InChI is InChI=1S/C24H29NO7/c1-13(2)15-8-6-14(7-9-15)10-16-11-25-17-4-3-5-18(20(16)17)31-32-23-22(28)21(27)19(12-26)30-24(23)29/h3-9,11,13,19,21-29H,10,12H2,1-2H3/t19-,21-,22+,23-,24-/m1/s1. The van der Waals surface area contributed by atoms with Crippen LogP contribution < -0.4 is 4.89 Å². The fourth-order valence-corrected chi connectivity index (χ4v) is 3.95. The molecule has 172 valence electrons. The van der Waals surface area contributed by atoms with E-state index in [1.165, 1.54) is 5.56 Å². The van der Waals surface area contributed by atoms with Crippen molar-refractivity contribution in [2.45, 2.75) is 56.9 Å². The number of aromatic nitrogens is 1. The van der Waals surface area contributed by atoms with Crippen molar-refractivity contribution in [3.05, 3.63) is 65.4 Å². The highest BCUT2D eigenvalue weighted by molar-refractivity contribution is 5.89. The van der Waals surface area contributed by atoms with E-state index in [0.717, 1.165) is 22.0 Å². The maximum atomic E-state index is 10.3. The van der Waals surface area contributed by atoms with Crippen LogP contribution in [-0.4, -0.2) is 62.7 Å². The summed E-state index contributed by atoms with van der Waals surface area (Å²) < 4.78 is 5.11. The van der Waals surface area contributed by atoms with Crippen molar-refractivity contribution in [3.63, 3.8) is 0 Å². The minimum Gasteiger partial charge on any atom is -0.394 e. The van der Waals surface area contributed by atoms with Gasteiger partial charge in [0.25, 0.3) is 0 Å². The molecule has 1 fully saturated rings. The number of rotatable bonds is 7. The van der Waals surface area contributed by atoms with Gasteiger partial charge in [-0.1, -0.05) is 44.2 Å². The highest BCUT2D eigenvalue weighted by Crippen LogP contribution is 2.32. The van der Waals surface area contributed by atoms with Crippen LogP contribution in [0.15, 0.2) is 48.7 Å². The number of aromatic amines is 1. The van der Waals surface area contributed by atoms with E-state index in [1.807, 2.05) is 12.3 Å². The molecule has 5 atom stereocenters. The third-order valence-corrected chi connectivity index (χ3v) is 5.88. The van der Waals surface area contributed by atoms with Gasteiger partial charge in [-0.25, -0.2) is 0 Å². The number of aliphatic hydroxyl groups excluding tert-OH is 4. The highest BCUT2D eigenvalue weighted by atomic mass is 17.2. The van der Waals surface area contributed by atoms with Crippen LogP contribution in [-0.2, 0) is 16.0 Å². The predicted octanol–water partition coefficient (Wildman–Crippen LogP) is 1.99. The summed E-state index contributed by atoms with van der Waals surface area (Å²) in [7, 11) is 0. The van der Waals surface area contributed by atoms with Crippen LogP contribution in [0, 0.1) is 0 Å². The van der Waals surface area contributed by atoms with Gasteiger partial charge < -0.3 is 35.0 Å². The molecule has 0 unspecified atom stereocenters. The number of fused-ring (bicyclic) bond motifs is 1. The lowest BCUT2D eigenvalue weighted by Crippen LogP contribution is -2.59. The van der Waals surface area contributed by atoms with Gasteiger partial charge in [0.2, 0.25) is 0 Å². The normalized spacial score (nSPS) is 26.0. The Labute approximate surface area is 185 Å². The van der Waals surface area contributed by atoms with Crippen LogP contribution >= 0.6 is 0 Å². The number of nitrogens with one attached hydrogen (secondary N) is 1. The Morgan fingerprint density at radius 1 is 1.03 bits per heavy atom. The van der Waals surface area contributed by atoms with E-state index < -0.39 is 37.3 Å². The molecule has 1 aromatic heterocycles. The van der Waals surface area contributed by atoms with Gasteiger partial charge >= 0.3 is 0 Å². The van der Waals surface area contributed by atoms with Crippen LogP contribution in [0.25, 0.3) is 10.9 Å². The van der Waals surface area contributed by atoms with Crippen molar-refractivity contribution < 1.29 is 34.9 Å². The third kappa shape index (κ3) is 4.52. The summed E-state index contributed by atoms with van der Waals surface area (Å²) in [4.78, 5) is 14.0. The fourth-order valence-electron chi connectivity index (χ4n) is 3.95. The number of hydrogen-bond acceptors (Lipinski definition) is 7. The quantitative estimate of drug-likeness (QED) is 0.279. The number of benzene rings is 2. The summed E-state index contributed by atoms with van der Waals surface area (Å²) in [5.74, 6) is 0.866. The van der Waals surface area contributed by atoms with Crippen molar-refractivity contribution in [3.8, 4) is 5.75 Å². The second-order valence-corrected chi connectivity index (χ2v) is 8.44. The first-order valence-corrected chi connectivity index (χ1v) is 10.7. The lowest BCUT2D eigenvalue weighted by molar-refractivity contribution is -0.364. The van der Waals surface area contributed by atoms with E-state index in [1.54, 1.807) is 12.1 Å². The highest BCUT2D eigenvalue weighted by Gasteiger charge is 2.45. The molecule has 1 aliphatic heterocycles. The molecule has 3 aromatic rings. The van der Waals surface area contributed by atoms with Gasteiger partial charge in [0.05, 0.1) is 6.61 Å². The topological polar surface area (TPSA) is 124 Å². The molecule has 0 radical (unpaired) electrons. The number of hydrogen-bond donors (Lipinski definition) is 5. The molecule has 8 nitrogen and oxygen atoms in total. The molecule has 0 spiro atoms. The number of H-pyrrole nitrogens is 1. The van der Waals surface area contributed by atoms with Gasteiger partial charge in [-0.15, -0.1) is 0 Å². The van der Waals surface area contributed by atoms with Crippen LogP contribution in [0.1, 0.15) is 36.5 Å². The fraction of sp³-hybridized carbons (Fsp3) is 0.417. The summed E-state index contributed by atoms with van der Waals surface area (Å²) >= 11 is 0. The zero-order valence-corrected chi connectivity index (χ0v) is 18.0. The SMILES string of the molecule is CC(C)c1ccc(Cc2c[nH]c3cccc(OO[C@@H]4[C@@H](O)[C@H](O)[C@@H](CO)O[C@H]4O)c23)cc1. The van der Waals surface area contributed by atoms with Crippen molar-refractivity contribution in [1.29, 1.82) is 0 Å². The summed E-state index contributed by atoms with van der Waals surface area (Å²) in [5.41, 5.74) is 4.28. The third-order valence-electron chi connectivity index (χ3n) is 5.88. The summed E-state index contributed by atoms with van der Waals surface area (Å²) in [6.07, 6.45) is -4.38. The summed E-state index contributed by atoms with van der Waals surface area (Å²) in [5, 5.41) is 40.4. The Morgan fingerprint density at radius 3 is 2.47 bits per heavy atom. The predicted molar refractivity (Wildman–Crippen MR) is 117 cm³/mol. The first-order chi connectivity index (χ1) is 15.4. The molecule has 32 heavy (non-hydrogen) atoms. The van der Waals surface area contributed by atoms with Crippen LogP contribution in [0.3, 0.4) is 0 Å². The molecule has 4 rings (SSSR count). The maximum Gasteiger partial charge on any atom is 0.188 e. The van der Waals surface area contributed by atoms with Crippen LogP contribution in [0.4, 0.5) is 0 Å². The van der Waals surface area contributed by atoms with Crippen LogP contribution in [0.5, 0.6) is 5.75 Å². The largest absolute Gasteiger partial charge is 0.394 e. The van der Waals surface area contributed by atoms with E-state index in [0.29, 0.717) is 18.1 Å². The molecular formula is C24H29NO7. The first kappa shape index (κ1) is 22.7. The average Bonchev–Trinajstić information content (AvgIpc) is 3.20. The Kier molecular flexibility index (Phi) is 6.80. The Bertz CT molecular complexity index is 1030. The van der Waals surface area contributed by atoms with Crippen molar-refractivity contribution in [2.75, 3.05) is 6.61 Å². The zero-order chi connectivity index (χ0) is 22.8. The molecule has 2 heterocycles. The Balaban J connectivity index is 1.53. The van der Waals surface area contributed by atoms with Crippen molar-refractivity contribution >= 4 is 10.9 Å². The molecule has 0 bridgehead atoms. The lowest BCUT2D eigenvalue weighted by atomic mass is 9.98. The van der Waals surface area contributed by atoms with E-state index in [-0.39, 0.29) is 0 Å². The molecule has 5 N–H and O–H groups in total. The van der Waals surface area contributed by atoms with Gasteiger partial charge in [-0.05, 0) is 41.2 Å². The molecule has 1 aliphatic rings. The first-order valence-electron chi connectivity index (χ1n) is 10.7. The van der Waals surface area contributed by atoms with Gasteiger partial charge in [-0.2, -0.15) is 4.89 Å². The summed E-state index contributed by atoms with van der Waals surface area (Å²) in [6.45, 7) is 3.77. The molecule has 1 saturated heterocycles. The van der Waals surface area contributed by atoms with Gasteiger partial charge in [-0.3, -0.25) is 0 Å². The van der Waals surface area contributed by atoms with Gasteiger partial charge in [0.1, 0.15) is 18.3 Å². The number of aliphatic hydroxyl groups is 4. The molecular weight excluding hydrogens is 414 g/mol. The van der Waals surface area contributed by atoms with E-state index in [9.17, 15) is 20.4 Å². The monoisotopic (exact) mass is 443 g/mol. The van der Waals surface area contributed by atoms with Gasteiger partial charge in [0, 0.05) is 17.1 Å². The smallest absolute Gasteiger partial charge is 0.188 e. The minimum atomic E-state index is -1.57. The molecule has 0 saturated carbocycles. The Morgan fingerprint density at radius 2 is 1.78 bits per heavy atom. The minimum absolute atomic E-state index is 0.399. The molecule has 0 aliphatic carbocycles. The second kappa shape index (κ2) is 9.58. The van der Waals surface area contributed by atoms with E-state index in [2.05, 4.69) is 43.1 Å². The molecule has 2 aromatic carbocycles. The van der Waals surface area contributed by atoms with E-state index >= 15 is 0 Å². The summed E-state index contributed by atoms with van der Waals surface area (Å²) in [6, 6.07) is 13.9. The maximum absolute atomic E-state index is 10.3. The Hall–Kier alpha value is -2.46. The van der Waals surface area contributed by atoms with E-state index in [4.69, 9.17) is 14.5 Å².